The van der Waals surface area contributed by atoms with Crippen molar-refractivity contribution in [2.45, 2.75) is 18.6 Å². The molecule has 0 aliphatic carbocycles. The molecule has 0 unspecified atom stereocenters. The van der Waals surface area contributed by atoms with E-state index in [4.69, 9.17) is 9.63 Å². The summed E-state index contributed by atoms with van der Waals surface area (Å²) in [7, 11) is 0. The lowest BCUT2D eigenvalue weighted by molar-refractivity contribution is -0.133. The van der Waals surface area contributed by atoms with Crippen molar-refractivity contribution in [2.75, 3.05) is 5.75 Å². The molecule has 3 heterocycles. The van der Waals surface area contributed by atoms with Gasteiger partial charge in [0.1, 0.15) is 5.52 Å². The molecule has 0 spiro atoms. The second-order valence-corrected chi connectivity index (χ2v) is 5.25. The third-order valence-electron chi connectivity index (χ3n) is 2.73. The van der Waals surface area contributed by atoms with E-state index in [1.54, 1.807) is 4.57 Å². The minimum absolute atomic E-state index is 0.0749. The molecule has 3 rings (SSSR count). The minimum Gasteiger partial charge on any atom is -0.481 e. The molecule has 0 amide bonds. The van der Waals surface area contributed by atoms with E-state index in [2.05, 4.69) is 20.1 Å². The molecule has 0 radical (unpaired) electrons. The van der Waals surface area contributed by atoms with Gasteiger partial charge in [-0.1, -0.05) is 16.9 Å². The highest BCUT2D eigenvalue weighted by Gasteiger charge is 2.15. The number of hydrogen-bond acceptors (Lipinski definition) is 7. The van der Waals surface area contributed by atoms with Crippen LogP contribution in [0.4, 0.5) is 0 Å². The van der Waals surface area contributed by atoms with Gasteiger partial charge in [-0.05, 0) is 19.1 Å². The molecule has 0 atom stereocenters. The highest BCUT2D eigenvalue weighted by Crippen LogP contribution is 2.23. The van der Waals surface area contributed by atoms with Gasteiger partial charge in [0.05, 0.1) is 12.3 Å². The molecule has 108 valence electrons. The van der Waals surface area contributed by atoms with Crippen molar-refractivity contribution >= 4 is 28.9 Å². The Hall–Kier alpha value is -2.42. The first kappa shape index (κ1) is 13.6. The zero-order chi connectivity index (χ0) is 14.8. The van der Waals surface area contributed by atoms with E-state index in [1.807, 2.05) is 19.1 Å². The van der Waals surface area contributed by atoms with Crippen LogP contribution in [0.15, 0.2) is 28.2 Å². The highest BCUT2D eigenvalue weighted by molar-refractivity contribution is 7.99. The Balaban J connectivity index is 2.04. The summed E-state index contributed by atoms with van der Waals surface area (Å²) in [6.07, 6.45) is 1.25. The summed E-state index contributed by atoms with van der Waals surface area (Å²) < 4.78 is 6.51. The van der Waals surface area contributed by atoms with Crippen molar-refractivity contribution < 1.29 is 14.4 Å². The summed E-state index contributed by atoms with van der Waals surface area (Å²) in [6.45, 7) is 2.21. The Morgan fingerprint density at radius 3 is 3.00 bits per heavy atom. The van der Waals surface area contributed by atoms with Crippen molar-refractivity contribution in [3.63, 3.8) is 0 Å². The van der Waals surface area contributed by atoms with Gasteiger partial charge < -0.3 is 9.63 Å². The number of carboxylic acids is 1. The predicted octanol–water partition coefficient (Wildman–Crippen LogP) is 1.35. The van der Waals surface area contributed by atoms with E-state index < -0.39 is 5.97 Å². The van der Waals surface area contributed by atoms with Gasteiger partial charge in [-0.3, -0.25) is 9.36 Å². The van der Waals surface area contributed by atoms with Crippen molar-refractivity contribution in [3.05, 3.63) is 30.0 Å². The van der Waals surface area contributed by atoms with Crippen LogP contribution in [0.1, 0.15) is 11.5 Å². The van der Waals surface area contributed by atoms with Crippen LogP contribution in [0, 0.1) is 6.92 Å². The molecule has 0 saturated heterocycles. The van der Waals surface area contributed by atoms with Crippen molar-refractivity contribution in [1.29, 1.82) is 0 Å². The standard InChI is InChI=1S/C12H11N5O3S/c1-7-2-3-8-11(14-7)17(4-9-13-6-20-16-9)12(15-8)21-5-10(18)19/h2-3,6H,4-5H2,1H3,(H,18,19). The van der Waals surface area contributed by atoms with Gasteiger partial charge in [-0.25, -0.2) is 9.97 Å². The van der Waals surface area contributed by atoms with E-state index in [1.165, 1.54) is 6.39 Å². The molecule has 3 aromatic heterocycles. The summed E-state index contributed by atoms with van der Waals surface area (Å²) in [6, 6.07) is 3.72. The van der Waals surface area contributed by atoms with Crippen LogP contribution in [-0.4, -0.2) is 41.5 Å². The van der Waals surface area contributed by atoms with E-state index in [-0.39, 0.29) is 5.75 Å². The second-order valence-electron chi connectivity index (χ2n) is 4.31. The van der Waals surface area contributed by atoms with E-state index >= 15 is 0 Å². The van der Waals surface area contributed by atoms with Crippen LogP contribution in [0.25, 0.3) is 11.2 Å². The average molecular weight is 305 g/mol. The van der Waals surface area contributed by atoms with Gasteiger partial charge in [0.15, 0.2) is 16.6 Å². The van der Waals surface area contributed by atoms with Gasteiger partial charge in [-0.2, -0.15) is 4.98 Å². The van der Waals surface area contributed by atoms with Crippen LogP contribution < -0.4 is 0 Å². The molecule has 1 N–H and O–H groups in total. The number of fused-ring (bicyclic) bond motifs is 1. The number of rotatable bonds is 5. The molecule has 0 aliphatic rings. The number of carbonyl (C=O) groups is 1. The quantitative estimate of drug-likeness (QED) is 0.704. The van der Waals surface area contributed by atoms with Gasteiger partial charge in [0, 0.05) is 5.69 Å². The molecule has 8 nitrogen and oxygen atoms in total. The fraction of sp³-hybridized carbons (Fsp3) is 0.250. The summed E-state index contributed by atoms with van der Waals surface area (Å²) in [5.74, 6) is -0.494. The average Bonchev–Trinajstić information content (AvgIpc) is 3.06. The number of thioether (sulfide) groups is 1. The van der Waals surface area contributed by atoms with E-state index in [9.17, 15) is 4.79 Å². The number of aromatic nitrogens is 5. The van der Waals surface area contributed by atoms with E-state index in [0.717, 1.165) is 17.5 Å². The van der Waals surface area contributed by atoms with Gasteiger partial charge in [-0.15, -0.1) is 0 Å². The van der Waals surface area contributed by atoms with Crippen molar-refractivity contribution in [1.82, 2.24) is 24.7 Å². The second kappa shape index (κ2) is 5.52. The number of aliphatic carboxylic acids is 1. The Labute approximate surface area is 123 Å². The summed E-state index contributed by atoms with van der Waals surface area (Å²) in [5.41, 5.74) is 2.23. The summed E-state index contributed by atoms with van der Waals surface area (Å²) in [5, 5.41) is 13.2. The predicted molar refractivity (Wildman–Crippen MR) is 74.0 cm³/mol. The zero-order valence-corrected chi connectivity index (χ0v) is 11.9. The zero-order valence-electron chi connectivity index (χ0n) is 11.1. The molecule has 3 aromatic rings. The first-order valence-corrected chi connectivity index (χ1v) is 7.06. The number of pyridine rings is 1. The molecule has 0 saturated carbocycles. The number of aryl methyl sites for hydroxylation is 1. The topological polar surface area (TPSA) is 107 Å². The largest absolute Gasteiger partial charge is 0.481 e. The van der Waals surface area contributed by atoms with Gasteiger partial charge in [0.25, 0.3) is 0 Å². The first-order valence-electron chi connectivity index (χ1n) is 6.07. The molecular weight excluding hydrogens is 294 g/mol. The highest BCUT2D eigenvalue weighted by atomic mass is 32.2. The summed E-state index contributed by atoms with van der Waals surface area (Å²) in [4.78, 5) is 23.6. The maximum atomic E-state index is 10.8. The van der Waals surface area contributed by atoms with Crippen LogP contribution in [0.3, 0.4) is 0 Å². The SMILES string of the molecule is Cc1ccc2nc(SCC(=O)O)n(Cc3ncon3)c2n1. The van der Waals surface area contributed by atoms with E-state index in [0.29, 0.717) is 28.7 Å². The van der Waals surface area contributed by atoms with Crippen LogP contribution in [0.2, 0.25) is 0 Å². The molecule has 0 bridgehead atoms. The maximum Gasteiger partial charge on any atom is 0.313 e. The van der Waals surface area contributed by atoms with Crippen LogP contribution in [0.5, 0.6) is 0 Å². The number of carboxylic acid groups (broad SMARTS) is 1. The maximum absolute atomic E-state index is 10.8. The molecular formula is C12H11N5O3S. The molecule has 0 aromatic carbocycles. The van der Waals surface area contributed by atoms with Gasteiger partial charge in [0.2, 0.25) is 6.39 Å². The fourth-order valence-electron chi connectivity index (χ4n) is 1.86. The van der Waals surface area contributed by atoms with Crippen LogP contribution >= 0.6 is 11.8 Å². The third-order valence-corrected chi connectivity index (χ3v) is 3.69. The Morgan fingerprint density at radius 1 is 1.43 bits per heavy atom. The number of imidazole rings is 1. The lowest BCUT2D eigenvalue weighted by Crippen LogP contribution is -2.06. The fourth-order valence-corrected chi connectivity index (χ4v) is 2.58. The lowest BCUT2D eigenvalue weighted by atomic mass is 10.3. The monoisotopic (exact) mass is 305 g/mol. The lowest BCUT2D eigenvalue weighted by Gasteiger charge is -2.04. The number of hydrogen-bond donors (Lipinski definition) is 1. The first-order chi connectivity index (χ1) is 10.1. The molecule has 0 fully saturated rings. The molecule has 0 aliphatic heterocycles. The Morgan fingerprint density at radius 2 is 2.29 bits per heavy atom. The normalized spacial score (nSPS) is 11.1. The van der Waals surface area contributed by atoms with Crippen molar-refractivity contribution in [3.8, 4) is 0 Å². The minimum atomic E-state index is -0.901. The number of nitrogens with zero attached hydrogens (tertiary/aromatic N) is 5. The van der Waals surface area contributed by atoms with Crippen molar-refractivity contribution in [2.24, 2.45) is 0 Å². The third kappa shape index (κ3) is 2.87. The Bertz CT molecular complexity index is 784. The van der Waals surface area contributed by atoms with Gasteiger partial charge >= 0.3 is 5.97 Å². The van der Waals surface area contributed by atoms with Crippen LogP contribution in [-0.2, 0) is 11.3 Å². The summed E-state index contributed by atoms with van der Waals surface area (Å²) >= 11 is 1.13. The molecule has 21 heavy (non-hydrogen) atoms. The molecule has 9 heteroatoms. The smallest absolute Gasteiger partial charge is 0.313 e. The Kier molecular flexibility index (Phi) is 3.57.